The van der Waals surface area contributed by atoms with Crippen molar-refractivity contribution in [2.24, 2.45) is 0 Å². The fourth-order valence-electron chi connectivity index (χ4n) is 1.94. The Bertz CT molecular complexity index is 713. The lowest BCUT2D eigenvalue weighted by atomic mass is 10.1. The summed E-state index contributed by atoms with van der Waals surface area (Å²) in [5.74, 6) is -4.05. The predicted molar refractivity (Wildman–Crippen MR) is 75.6 cm³/mol. The van der Waals surface area contributed by atoms with Gasteiger partial charge in [0.2, 0.25) is 5.75 Å². The topological polar surface area (TPSA) is 125 Å². The minimum absolute atomic E-state index is 0.0926. The summed E-state index contributed by atoms with van der Waals surface area (Å²) >= 11 is 0. The lowest BCUT2D eigenvalue weighted by molar-refractivity contribution is -0.386. The van der Waals surface area contributed by atoms with Crippen molar-refractivity contribution in [2.45, 2.75) is 19.6 Å². The minimum atomic E-state index is -1.38. The summed E-state index contributed by atoms with van der Waals surface area (Å²) in [5, 5.41) is 20.6. The summed E-state index contributed by atoms with van der Waals surface area (Å²) in [7, 11) is 1.21. The molecule has 1 saturated heterocycles. The number of nitro groups is 1. The first kappa shape index (κ1) is 16.3. The maximum atomic E-state index is 11.9. The number of phenols is 1. The predicted octanol–water partition coefficient (Wildman–Crippen LogP) is 1.53. The van der Waals surface area contributed by atoms with Gasteiger partial charge in [-0.1, -0.05) is 0 Å². The highest BCUT2D eigenvalue weighted by molar-refractivity contribution is 6.18. The molecule has 23 heavy (non-hydrogen) atoms. The zero-order chi connectivity index (χ0) is 17.4. The highest BCUT2D eigenvalue weighted by Gasteiger charge is 2.39. The number of hydrogen-bond acceptors (Lipinski definition) is 8. The number of rotatable bonds is 3. The van der Waals surface area contributed by atoms with Crippen LogP contribution in [0.4, 0.5) is 5.69 Å². The zero-order valence-corrected chi connectivity index (χ0v) is 12.5. The number of cyclic esters (lactones) is 2. The number of benzene rings is 1. The molecule has 0 unspecified atom stereocenters. The van der Waals surface area contributed by atoms with Crippen LogP contribution < -0.4 is 4.74 Å². The van der Waals surface area contributed by atoms with Crippen molar-refractivity contribution < 1.29 is 33.8 Å². The van der Waals surface area contributed by atoms with Crippen molar-refractivity contribution in [2.75, 3.05) is 7.11 Å². The third-order valence-electron chi connectivity index (χ3n) is 2.92. The van der Waals surface area contributed by atoms with E-state index in [1.165, 1.54) is 27.0 Å². The molecule has 0 aliphatic carbocycles. The fraction of sp³-hybridized carbons (Fsp3) is 0.286. The third-order valence-corrected chi connectivity index (χ3v) is 2.92. The van der Waals surface area contributed by atoms with Crippen molar-refractivity contribution in [3.63, 3.8) is 0 Å². The van der Waals surface area contributed by atoms with Crippen molar-refractivity contribution >= 4 is 23.7 Å². The third kappa shape index (κ3) is 3.23. The number of carbonyl (C=O) groups is 2. The van der Waals surface area contributed by atoms with Gasteiger partial charge >= 0.3 is 17.6 Å². The molecule has 1 aliphatic heterocycles. The van der Waals surface area contributed by atoms with Gasteiger partial charge in [0.05, 0.1) is 12.0 Å². The summed E-state index contributed by atoms with van der Waals surface area (Å²) in [6.07, 6.45) is 1.06. The maximum absolute atomic E-state index is 11.9. The van der Waals surface area contributed by atoms with Crippen LogP contribution in [0.5, 0.6) is 11.5 Å². The van der Waals surface area contributed by atoms with E-state index in [-0.39, 0.29) is 11.3 Å². The van der Waals surface area contributed by atoms with E-state index in [1.54, 1.807) is 0 Å². The van der Waals surface area contributed by atoms with Gasteiger partial charge in [0.15, 0.2) is 5.75 Å². The first-order chi connectivity index (χ1) is 10.6. The van der Waals surface area contributed by atoms with Crippen LogP contribution in [0, 0.1) is 10.1 Å². The number of aromatic hydroxyl groups is 1. The number of phenolic OH excluding ortho intramolecular Hbond substituents is 1. The van der Waals surface area contributed by atoms with Gasteiger partial charge < -0.3 is 19.3 Å². The van der Waals surface area contributed by atoms with Crippen LogP contribution >= 0.6 is 0 Å². The Kier molecular flexibility index (Phi) is 3.96. The SMILES string of the molecule is COc1cc(C=C2C(=O)OC(C)(C)OC2=O)cc([N+](=O)[O-])c1O. The number of carbonyl (C=O) groups excluding carboxylic acids is 2. The first-order valence-electron chi connectivity index (χ1n) is 6.38. The van der Waals surface area contributed by atoms with E-state index >= 15 is 0 Å². The molecule has 1 heterocycles. The van der Waals surface area contributed by atoms with Crippen molar-refractivity contribution in [1.82, 2.24) is 0 Å². The Morgan fingerprint density at radius 1 is 1.26 bits per heavy atom. The molecule has 1 fully saturated rings. The number of methoxy groups -OCH3 is 1. The fourth-order valence-corrected chi connectivity index (χ4v) is 1.94. The van der Waals surface area contributed by atoms with Crippen LogP contribution in [0.15, 0.2) is 17.7 Å². The summed E-state index contributed by atoms with van der Waals surface area (Å²) in [6.45, 7) is 2.79. The van der Waals surface area contributed by atoms with Crippen molar-refractivity contribution in [3.8, 4) is 11.5 Å². The maximum Gasteiger partial charge on any atom is 0.348 e. The molecule has 0 atom stereocenters. The molecule has 1 N–H and O–H groups in total. The molecule has 0 spiro atoms. The number of nitro benzene ring substituents is 1. The van der Waals surface area contributed by atoms with Crippen LogP contribution in [0.25, 0.3) is 6.08 Å². The van der Waals surface area contributed by atoms with Gasteiger partial charge in [0.25, 0.3) is 5.79 Å². The van der Waals surface area contributed by atoms with Crippen LogP contribution in [-0.2, 0) is 19.1 Å². The van der Waals surface area contributed by atoms with Crippen LogP contribution in [0.1, 0.15) is 19.4 Å². The molecule has 9 heteroatoms. The lowest BCUT2D eigenvalue weighted by Crippen LogP contribution is -2.41. The lowest BCUT2D eigenvalue weighted by Gasteiger charge is -2.29. The molecule has 122 valence electrons. The van der Waals surface area contributed by atoms with Gasteiger partial charge in [-0.15, -0.1) is 0 Å². The van der Waals surface area contributed by atoms with Crippen LogP contribution in [0.2, 0.25) is 0 Å². The minimum Gasteiger partial charge on any atom is -0.500 e. The number of ether oxygens (including phenoxy) is 3. The highest BCUT2D eigenvalue weighted by atomic mass is 16.7. The molecule has 2 rings (SSSR count). The first-order valence-corrected chi connectivity index (χ1v) is 6.38. The van der Waals surface area contributed by atoms with Crippen molar-refractivity contribution in [1.29, 1.82) is 0 Å². The van der Waals surface area contributed by atoms with Crippen LogP contribution in [0.3, 0.4) is 0 Å². The van der Waals surface area contributed by atoms with E-state index < -0.39 is 39.7 Å². The standard InChI is InChI=1S/C14H13NO8/c1-14(2)22-12(17)8(13(18)23-14)4-7-5-9(15(19)20)11(16)10(6-7)21-3/h4-6,16H,1-3H3. The number of esters is 2. The molecular weight excluding hydrogens is 310 g/mol. The van der Waals surface area contributed by atoms with Gasteiger partial charge in [0.1, 0.15) is 5.57 Å². The largest absolute Gasteiger partial charge is 0.500 e. The molecule has 1 aromatic rings. The van der Waals surface area contributed by atoms with E-state index in [1.807, 2.05) is 0 Å². The Morgan fingerprint density at radius 3 is 2.30 bits per heavy atom. The van der Waals surface area contributed by atoms with Crippen molar-refractivity contribution in [3.05, 3.63) is 33.4 Å². The highest BCUT2D eigenvalue weighted by Crippen LogP contribution is 2.37. The Morgan fingerprint density at radius 2 is 1.83 bits per heavy atom. The Balaban J connectivity index is 2.51. The van der Waals surface area contributed by atoms with E-state index in [9.17, 15) is 24.8 Å². The Labute approximate surface area is 130 Å². The van der Waals surface area contributed by atoms with E-state index in [4.69, 9.17) is 14.2 Å². The zero-order valence-electron chi connectivity index (χ0n) is 12.5. The molecule has 0 bridgehead atoms. The van der Waals surface area contributed by atoms with E-state index in [0.717, 1.165) is 12.1 Å². The summed E-state index contributed by atoms with van der Waals surface area (Å²) in [5.41, 5.74) is -0.963. The summed E-state index contributed by atoms with van der Waals surface area (Å²) in [6, 6.07) is 2.22. The van der Waals surface area contributed by atoms with E-state index in [2.05, 4.69) is 0 Å². The molecule has 9 nitrogen and oxygen atoms in total. The average molecular weight is 323 g/mol. The smallest absolute Gasteiger partial charge is 0.348 e. The summed E-state index contributed by atoms with van der Waals surface area (Å²) in [4.78, 5) is 33.8. The van der Waals surface area contributed by atoms with Gasteiger partial charge in [0, 0.05) is 19.9 Å². The van der Waals surface area contributed by atoms with Gasteiger partial charge in [-0.3, -0.25) is 10.1 Å². The quantitative estimate of drug-likeness (QED) is 0.292. The molecule has 0 radical (unpaired) electrons. The number of hydrogen-bond donors (Lipinski definition) is 1. The molecular formula is C14H13NO8. The second-order valence-corrected chi connectivity index (χ2v) is 5.08. The molecule has 0 aromatic heterocycles. The summed E-state index contributed by atoms with van der Waals surface area (Å²) < 4.78 is 14.7. The molecule has 0 saturated carbocycles. The average Bonchev–Trinajstić information content (AvgIpc) is 2.42. The monoisotopic (exact) mass is 323 g/mol. The molecule has 0 amide bonds. The van der Waals surface area contributed by atoms with Gasteiger partial charge in [-0.25, -0.2) is 9.59 Å². The van der Waals surface area contributed by atoms with Crippen LogP contribution in [-0.4, -0.2) is 34.9 Å². The second kappa shape index (κ2) is 5.59. The van der Waals surface area contributed by atoms with E-state index in [0.29, 0.717) is 0 Å². The molecule has 1 aromatic carbocycles. The second-order valence-electron chi connectivity index (χ2n) is 5.08. The number of nitrogens with zero attached hydrogens (tertiary/aromatic N) is 1. The van der Waals surface area contributed by atoms with Gasteiger partial charge in [-0.2, -0.15) is 0 Å². The molecule has 1 aliphatic rings. The Hall–Kier alpha value is -3.10. The van der Waals surface area contributed by atoms with Gasteiger partial charge in [-0.05, 0) is 17.7 Å². The normalized spacial score (nSPS) is 16.4.